The fraction of sp³-hybridized carbons (Fsp3) is 0.293. The molecule has 276 valence electrons. The minimum atomic E-state index is -0.826. The summed E-state index contributed by atoms with van der Waals surface area (Å²) in [5.74, 6) is -0.0440. The molecule has 12 nitrogen and oxygen atoms in total. The zero-order valence-corrected chi connectivity index (χ0v) is 29.8. The number of nitrogens with one attached hydrogen (secondary N) is 4. The van der Waals surface area contributed by atoms with Gasteiger partial charge < -0.3 is 40.4 Å². The Labute approximate surface area is 308 Å². The largest absolute Gasteiger partial charge is 0.506 e. The molecule has 1 saturated heterocycles. The van der Waals surface area contributed by atoms with Crippen LogP contribution in [0.5, 0.6) is 5.75 Å². The average molecular weight is 719 g/mol. The lowest BCUT2D eigenvalue weighted by molar-refractivity contribution is 0.0574. The van der Waals surface area contributed by atoms with E-state index < -0.39 is 12.2 Å². The molecule has 6 N–H and O–H groups in total. The van der Waals surface area contributed by atoms with Crippen molar-refractivity contribution in [3.8, 4) is 16.9 Å². The number of rotatable bonds is 13. The monoisotopic (exact) mass is 718 g/mol. The van der Waals surface area contributed by atoms with Crippen molar-refractivity contribution >= 4 is 34.4 Å². The Bertz CT molecular complexity index is 2050. The molecular weight excluding hydrogens is 672 g/mol. The molecule has 1 atom stereocenters. The number of hydrogen-bond donors (Lipinski definition) is 6. The van der Waals surface area contributed by atoms with E-state index in [0.717, 1.165) is 55.6 Å². The first-order valence-corrected chi connectivity index (χ1v) is 17.9. The Hall–Kier alpha value is -5.69. The van der Waals surface area contributed by atoms with Gasteiger partial charge in [-0.15, -0.1) is 0 Å². The predicted octanol–water partition coefficient (Wildman–Crippen LogP) is 5.94. The molecule has 12 heteroatoms. The molecule has 2 heterocycles. The number of para-hydroxylation sites is 1. The van der Waals surface area contributed by atoms with Crippen molar-refractivity contribution in [1.82, 2.24) is 20.1 Å². The number of aliphatic hydroxyl groups excluding tert-OH is 1. The third kappa shape index (κ3) is 10.0. The number of urea groups is 1. The number of likely N-dealkylation sites (tertiary alicyclic amines) is 1. The van der Waals surface area contributed by atoms with Crippen LogP contribution < -0.4 is 21.5 Å². The van der Waals surface area contributed by atoms with Crippen LogP contribution in [0.15, 0.2) is 108 Å². The number of fused-ring (bicyclic) bond motifs is 1. The highest BCUT2D eigenvalue weighted by atomic mass is 16.6. The summed E-state index contributed by atoms with van der Waals surface area (Å²) in [5, 5.41) is 30.6. The number of hydrogen-bond acceptors (Lipinski definition) is 8. The highest BCUT2D eigenvalue weighted by Crippen LogP contribution is 2.29. The highest BCUT2D eigenvalue weighted by molar-refractivity contribution is 5.92. The number of H-pyrrole nitrogens is 1. The molecule has 6 rings (SSSR count). The van der Waals surface area contributed by atoms with Crippen LogP contribution in [0.25, 0.3) is 22.0 Å². The Morgan fingerprint density at radius 3 is 2.43 bits per heavy atom. The molecule has 0 bridgehead atoms. The van der Waals surface area contributed by atoms with Crippen LogP contribution in [0, 0.1) is 0 Å². The number of phenolic OH excluding ortho intramolecular Hbond substituents is 1. The van der Waals surface area contributed by atoms with Crippen molar-refractivity contribution in [2.75, 3.05) is 56.9 Å². The number of aromatic hydroxyl groups is 1. The minimum absolute atomic E-state index is 0.0440. The maximum absolute atomic E-state index is 12.9. The lowest BCUT2D eigenvalue weighted by Gasteiger charge is -2.32. The molecule has 0 aliphatic carbocycles. The fourth-order valence-corrected chi connectivity index (χ4v) is 6.50. The van der Waals surface area contributed by atoms with E-state index in [0.29, 0.717) is 47.5 Å². The van der Waals surface area contributed by atoms with Gasteiger partial charge in [0.2, 0.25) is 5.56 Å². The van der Waals surface area contributed by atoms with Gasteiger partial charge in [-0.1, -0.05) is 66.7 Å². The summed E-state index contributed by atoms with van der Waals surface area (Å²) in [4.78, 5) is 43.9. The van der Waals surface area contributed by atoms with Crippen molar-refractivity contribution in [2.24, 2.45) is 0 Å². The molecule has 0 spiro atoms. The predicted molar refractivity (Wildman–Crippen MR) is 207 cm³/mol. The first kappa shape index (κ1) is 37.1. The number of benzene rings is 4. The van der Waals surface area contributed by atoms with E-state index in [2.05, 4.69) is 25.8 Å². The van der Waals surface area contributed by atoms with Gasteiger partial charge >= 0.3 is 12.1 Å². The number of nitrogens with zero attached hydrogens (tertiary/aromatic N) is 2. The van der Waals surface area contributed by atoms with Gasteiger partial charge in [-0.3, -0.25) is 10.1 Å². The number of likely N-dealkylation sites (N-methyl/N-ethyl adjacent to an activating group) is 1. The molecule has 3 amide bonds. The third-order valence-electron chi connectivity index (χ3n) is 9.55. The van der Waals surface area contributed by atoms with E-state index in [1.807, 2.05) is 78.9 Å². The van der Waals surface area contributed by atoms with Crippen LogP contribution >= 0.6 is 0 Å². The molecule has 0 radical (unpaired) electrons. The number of carbonyl (C=O) groups is 2. The highest BCUT2D eigenvalue weighted by Gasteiger charge is 2.23. The first-order valence-electron chi connectivity index (χ1n) is 17.9. The van der Waals surface area contributed by atoms with Gasteiger partial charge in [0.1, 0.15) is 11.9 Å². The summed E-state index contributed by atoms with van der Waals surface area (Å²) in [6.45, 7) is 3.75. The number of carbonyl (C=O) groups excluding carboxylic acids is 2. The van der Waals surface area contributed by atoms with Gasteiger partial charge in [-0.2, -0.15) is 0 Å². The Morgan fingerprint density at radius 1 is 0.925 bits per heavy atom. The van der Waals surface area contributed by atoms with Gasteiger partial charge in [0, 0.05) is 62.5 Å². The molecule has 5 aromatic rings. The normalized spacial score (nSPS) is 14.1. The van der Waals surface area contributed by atoms with Crippen molar-refractivity contribution < 1.29 is 24.5 Å². The van der Waals surface area contributed by atoms with Crippen LogP contribution in [0.2, 0.25) is 0 Å². The zero-order valence-electron chi connectivity index (χ0n) is 29.8. The summed E-state index contributed by atoms with van der Waals surface area (Å²) in [7, 11) is 1.78. The van der Waals surface area contributed by atoms with Crippen LogP contribution in [0.4, 0.5) is 21.0 Å². The topological polar surface area (TPSA) is 159 Å². The SMILES string of the molecule is CN(CCN1CCC(OC(=O)Nc2ccccc2-c2ccccc2)CC1)C(=O)Nc1ccc(CCNC[C@@H](O)c2ccc(O)c3[nH]c(=O)ccc23)cc1. The van der Waals surface area contributed by atoms with Gasteiger partial charge in [-0.25, -0.2) is 9.59 Å². The number of anilines is 2. The number of pyridine rings is 1. The Kier molecular flexibility index (Phi) is 12.4. The average Bonchev–Trinajstić information content (AvgIpc) is 3.17. The second-order valence-corrected chi connectivity index (χ2v) is 13.3. The Morgan fingerprint density at radius 2 is 1.66 bits per heavy atom. The van der Waals surface area contributed by atoms with E-state index in [9.17, 15) is 24.6 Å². The molecule has 0 unspecified atom stereocenters. The summed E-state index contributed by atoms with van der Waals surface area (Å²) in [5.41, 5.74) is 5.05. The molecule has 0 saturated carbocycles. The molecule has 4 aromatic carbocycles. The van der Waals surface area contributed by atoms with Crippen LogP contribution in [-0.2, 0) is 11.2 Å². The Balaban J connectivity index is 0.868. The van der Waals surface area contributed by atoms with E-state index in [1.165, 1.54) is 12.1 Å². The maximum Gasteiger partial charge on any atom is 0.411 e. The first-order chi connectivity index (χ1) is 25.7. The van der Waals surface area contributed by atoms with Crippen molar-refractivity contribution in [3.63, 3.8) is 0 Å². The quantitative estimate of drug-likeness (QED) is 0.0816. The molecule has 1 aliphatic rings. The van der Waals surface area contributed by atoms with Crippen molar-refractivity contribution in [2.45, 2.75) is 31.5 Å². The van der Waals surface area contributed by atoms with E-state index in [-0.39, 0.29) is 23.4 Å². The van der Waals surface area contributed by atoms with E-state index >= 15 is 0 Å². The number of ether oxygens (including phenoxy) is 1. The van der Waals surface area contributed by atoms with Crippen molar-refractivity contribution in [1.29, 1.82) is 0 Å². The second kappa shape index (κ2) is 17.7. The van der Waals surface area contributed by atoms with Gasteiger partial charge in [0.25, 0.3) is 0 Å². The molecule has 1 aliphatic heterocycles. The van der Waals surface area contributed by atoms with Gasteiger partial charge in [0.15, 0.2) is 0 Å². The number of aromatic amines is 1. The summed E-state index contributed by atoms with van der Waals surface area (Å²) in [6.07, 6.45) is 0.730. The number of aliphatic hydroxyl groups is 1. The van der Waals surface area contributed by atoms with E-state index in [1.54, 1.807) is 24.1 Å². The van der Waals surface area contributed by atoms with Crippen LogP contribution in [0.1, 0.15) is 30.1 Å². The lowest BCUT2D eigenvalue weighted by Crippen LogP contribution is -2.43. The fourth-order valence-electron chi connectivity index (χ4n) is 6.50. The molecule has 1 aromatic heterocycles. The number of piperidine rings is 1. The van der Waals surface area contributed by atoms with E-state index in [4.69, 9.17) is 4.74 Å². The lowest BCUT2D eigenvalue weighted by atomic mass is 10.0. The molecule has 1 fully saturated rings. The number of phenols is 1. The van der Waals surface area contributed by atoms with Gasteiger partial charge in [0.05, 0.1) is 17.3 Å². The summed E-state index contributed by atoms with van der Waals surface area (Å²) >= 11 is 0. The molecule has 53 heavy (non-hydrogen) atoms. The van der Waals surface area contributed by atoms with Gasteiger partial charge in [-0.05, 0) is 72.8 Å². The molecular formula is C41H46N6O6. The number of aromatic nitrogens is 1. The summed E-state index contributed by atoms with van der Waals surface area (Å²) in [6, 6.07) is 31.2. The van der Waals surface area contributed by atoms with Crippen LogP contribution in [-0.4, -0.2) is 89.5 Å². The zero-order chi connectivity index (χ0) is 37.2. The third-order valence-corrected chi connectivity index (χ3v) is 9.55. The minimum Gasteiger partial charge on any atom is -0.506 e. The summed E-state index contributed by atoms with van der Waals surface area (Å²) < 4.78 is 5.76. The van der Waals surface area contributed by atoms with Crippen LogP contribution in [0.3, 0.4) is 0 Å². The second-order valence-electron chi connectivity index (χ2n) is 13.3. The number of amides is 3. The van der Waals surface area contributed by atoms with Crippen molar-refractivity contribution in [3.05, 3.63) is 125 Å². The standard InChI is InChI=1S/C41H46N6O6/c1-46(25-26-47-23-20-31(21-24-47)53-41(52)44-35-10-6-5-9-32(35)29-7-3-2-4-8-29)40(51)43-30-13-11-28(12-14-30)19-22-42-27-37(49)33-15-17-36(48)39-34(33)16-18-38(50)45-39/h2-18,31,37,42,48-49H,19-27H2,1H3,(H,43,51)(H,44,52)(H,45,50)/t37-/m1/s1. The maximum atomic E-state index is 12.9. The smallest absolute Gasteiger partial charge is 0.411 e.